The van der Waals surface area contributed by atoms with Crippen molar-refractivity contribution in [1.29, 1.82) is 0 Å². The number of aromatic nitrogens is 3. The zero-order chi connectivity index (χ0) is 15.4. The lowest BCUT2D eigenvalue weighted by molar-refractivity contribution is 0.679. The monoisotopic (exact) mass is 292 g/mol. The molecule has 2 N–H and O–H groups in total. The molecule has 4 heteroatoms. The molecular formula is C18H20N4. The van der Waals surface area contributed by atoms with Gasteiger partial charge in [-0.2, -0.15) is 5.10 Å². The Bertz CT molecular complexity index is 744. The van der Waals surface area contributed by atoms with E-state index in [1.54, 1.807) is 0 Å². The van der Waals surface area contributed by atoms with Gasteiger partial charge in [0.25, 0.3) is 0 Å². The lowest BCUT2D eigenvalue weighted by Gasteiger charge is -2.06. The minimum absolute atomic E-state index is 0.750. The molecule has 0 atom stereocenters. The Kier molecular flexibility index (Phi) is 4.30. The first-order valence-electron chi connectivity index (χ1n) is 7.45. The van der Waals surface area contributed by atoms with Crippen molar-refractivity contribution >= 4 is 0 Å². The molecule has 22 heavy (non-hydrogen) atoms. The van der Waals surface area contributed by atoms with Gasteiger partial charge in [0.2, 0.25) is 0 Å². The van der Waals surface area contributed by atoms with Crippen molar-refractivity contribution in [3.8, 4) is 11.3 Å². The largest absolute Gasteiger partial charge is 0.307 e. The Morgan fingerprint density at radius 2 is 1.82 bits per heavy atom. The van der Waals surface area contributed by atoms with E-state index < -0.39 is 0 Å². The molecule has 4 nitrogen and oxygen atoms in total. The highest BCUT2D eigenvalue weighted by Crippen LogP contribution is 2.21. The maximum absolute atomic E-state index is 4.50. The van der Waals surface area contributed by atoms with Crippen LogP contribution in [0.15, 0.2) is 48.7 Å². The van der Waals surface area contributed by atoms with Crippen molar-refractivity contribution in [2.45, 2.75) is 26.9 Å². The van der Waals surface area contributed by atoms with E-state index in [0.29, 0.717) is 0 Å². The van der Waals surface area contributed by atoms with Crippen LogP contribution in [0.5, 0.6) is 0 Å². The standard InChI is InChI=1S/C18H20N4/c1-13-6-8-15(9-7-13)18-16(11-20-22-18)10-19-12-17-5-3-4-14(2)21-17/h3-9,11,19H,10,12H2,1-2H3,(H,20,22). The fourth-order valence-corrected chi connectivity index (χ4v) is 2.44. The molecule has 3 rings (SSSR count). The first kappa shape index (κ1) is 14.5. The van der Waals surface area contributed by atoms with Gasteiger partial charge in [-0.15, -0.1) is 0 Å². The number of aryl methyl sites for hydroxylation is 2. The molecule has 0 amide bonds. The fourth-order valence-electron chi connectivity index (χ4n) is 2.44. The van der Waals surface area contributed by atoms with Crippen LogP contribution < -0.4 is 5.32 Å². The number of aromatic amines is 1. The summed E-state index contributed by atoms with van der Waals surface area (Å²) in [6.07, 6.45) is 1.88. The van der Waals surface area contributed by atoms with E-state index in [9.17, 15) is 0 Å². The van der Waals surface area contributed by atoms with Crippen LogP contribution >= 0.6 is 0 Å². The van der Waals surface area contributed by atoms with Crippen molar-refractivity contribution in [3.63, 3.8) is 0 Å². The Labute approximate surface area is 130 Å². The number of pyridine rings is 1. The SMILES string of the molecule is Cc1ccc(-c2[nH]ncc2CNCc2cccc(C)n2)cc1. The minimum Gasteiger partial charge on any atom is -0.307 e. The van der Waals surface area contributed by atoms with Crippen LogP contribution in [0.4, 0.5) is 0 Å². The van der Waals surface area contributed by atoms with Gasteiger partial charge in [0.1, 0.15) is 0 Å². The third-order valence-corrected chi connectivity index (χ3v) is 3.63. The number of H-pyrrole nitrogens is 1. The third kappa shape index (κ3) is 3.40. The molecule has 2 aromatic heterocycles. The summed E-state index contributed by atoms with van der Waals surface area (Å²) in [7, 11) is 0. The average molecular weight is 292 g/mol. The van der Waals surface area contributed by atoms with Gasteiger partial charge >= 0.3 is 0 Å². The molecule has 3 aromatic rings. The summed E-state index contributed by atoms with van der Waals surface area (Å²) in [6, 6.07) is 14.6. The molecule has 112 valence electrons. The van der Waals surface area contributed by atoms with Crippen LogP contribution in [0.2, 0.25) is 0 Å². The molecule has 2 heterocycles. The van der Waals surface area contributed by atoms with Gasteiger partial charge in [-0.05, 0) is 31.5 Å². The topological polar surface area (TPSA) is 53.6 Å². The highest BCUT2D eigenvalue weighted by molar-refractivity contribution is 5.62. The van der Waals surface area contributed by atoms with Gasteiger partial charge in [0, 0.05) is 24.3 Å². The normalized spacial score (nSPS) is 10.8. The quantitative estimate of drug-likeness (QED) is 0.758. The van der Waals surface area contributed by atoms with Crippen molar-refractivity contribution in [3.05, 3.63) is 71.2 Å². The van der Waals surface area contributed by atoms with E-state index >= 15 is 0 Å². The van der Waals surface area contributed by atoms with E-state index in [-0.39, 0.29) is 0 Å². The summed E-state index contributed by atoms with van der Waals surface area (Å²) in [6.45, 7) is 5.61. The second kappa shape index (κ2) is 6.54. The molecule has 0 saturated heterocycles. The molecule has 0 fully saturated rings. The lowest BCUT2D eigenvalue weighted by Crippen LogP contribution is -2.14. The van der Waals surface area contributed by atoms with Crippen LogP contribution in [0, 0.1) is 13.8 Å². The van der Waals surface area contributed by atoms with Gasteiger partial charge in [-0.1, -0.05) is 35.9 Å². The average Bonchev–Trinajstić information content (AvgIpc) is 2.97. The molecule has 0 unspecified atom stereocenters. The molecule has 0 aliphatic rings. The van der Waals surface area contributed by atoms with E-state index in [0.717, 1.165) is 41.3 Å². The highest BCUT2D eigenvalue weighted by Gasteiger charge is 2.07. The van der Waals surface area contributed by atoms with Crippen molar-refractivity contribution in [2.24, 2.45) is 0 Å². The highest BCUT2D eigenvalue weighted by atomic mass is 15.1. The first-order valence-corrected chi connectivity index (χ1v) is 7.45. The maximum Gasteiger partial charge on any atom is 0.0695 e. The van der Waals surface area contributed by atoms with E-state index in [4.69, 9.17) is 0 Å². The lowest BCUT2D eigenvalue weighted by atomic mass is 10.1. The Balaban J connectivity index is 1.66. The van der Waals surface area contributed by atoms with Crippen LogP contribution in [0.1, 0.15) is 22.5 Å². The number of benzene rings is 1. The summed E-state index contributed by atoms with van der Waals surface area (Å²) in [5.74, 6) is 0. The number of nitrogens with zero attached hydrogens (tertiary/aromatic N) is 2. The summed E-state index contributed by atoms with van der Waals surface area (Å²) in [4.78, 5) is 4.50. The Hall–Kier alpha value is -2.46. The van der Waals surface area contributed by atoms with Crippen molar-refractivity contribution < 1.29 is 0 Å². The second-order valence-electron chi connectivity index (χ2n) is 5.51. The maximum atomic E-state index is 4.50. The summed E-state index contributed by atoms with van der Waals surface area (Å²) < 4.78 is 0. The van der Waals surface area contributed by atoms with Gasteiger partial charge < -0.3 is 5.32 Å². The van der Waals surface area contributed by atoms with Crippen LogP contribution in [-0.4, -0.2) is 15.2 Å². The number of hydrogen-bond acceptors (Lipinski definition) is 3. The number of nitrogens with one attached hydrogen (secondary N) is 2. The molecule has 0 aliphatic carbocycles. The van der Waals surface area contributed by atoms with Crippen LogP contribution in [0.3, 0.4) is 0 Å². The first-order chi connectivity index (χ1) is 10.7. The molecule has 0 aliphatic heterocycles. The predicted octanol–water partition coefficient (Wildman–Crippen LogP) is 3.38. The molecule has 0 bridgehead atoms. The summed E-state index contributed by atoms with van der Waals surface area (Å²) in [5, 5.41) is 10.7. The summed E-state index contributed by atoms with van der Waals surface area (Å²) >= 11 is 0. The minimum atomic E-state index is 0.750. The molecule has 0 radical (unpaired) electrons. The van der Waals surface area contributed by atoms with Gasteiger partial charge in [-0.3, -0.25) is 10.1 Å². The van der Waals surface area contributed by atoms with Gasteiger partial charge in [-0.25, -0.2) is 0 Å². The van der Waals surface area contributed by atoms with E-state index in [1.807, 2.05) is 31.3 Å². The molecule has 0 spiro atoms. The second-order valence-corrected chi connectivity index (χ2v) is 5.51. The molecule has 1 aromatic carbocycles. The zero-order valence-corrected chi connectivity index (χ0v) is 12.9. The molecular weight excluding hydrogens is 272 g/mol. The summed E-state index contributed by atoms with van der Waals surface area (Å²) in [5.41, 5.74) is 6.76. The predicted molar refractivity (Wildman–Crippen MR) is 88.3 cm³/mol. The van der Waals surface area contributed by atoms with Gasteiger partial charge in [0.05, 0.1) is 17.6 Å². The molecule has 0 saturated carbocycles. The third-order valence-electron chi connectivity index (χ3n) is 3.63. The van der Waals surface area contributed by atoms with Gasteiger partial charge in [0.15, 0.2) is 0 Å². The van der Waals surface area contributed by atoms with Crippen molar-refractivity contribution in [2.75, 3.05) is 0 Å². The zero-order valence-electron chi connectivity index (χ0n) is 12.9. The smallest absolute Gasteiger partial charge is 0.0695 e. The van der Waals surface area contributed by atoms with E-state index in [2.05, 4.69) is 51.7 Å². The Morgan fingerprint density at radius 1 is 1.00 bits per heavy atom. The van der Waals surface area contributed by atoms with Crippen molar-refractivity contribution in [1.82, 2.24) is 20.5 Å². The number of rotatable bonds is 5. The Morgan fingerprint density at radius 3 is 2.59 bits per heavy atom. The fraction of sp³-hybridized carbons (Fsp3) is 0.222. The van der Waals surface area contributed by atoms with Crippen LogP contribution in [-0.2, 0) is 13.1 Å². The number of hydrogen-bond donors (Lipinski definition) is 2. The van der Waals surface area contributed by atoms with E-state index in [1.165, 1.54) is 5.56 Å². The van der Waals surface area contributed by atoms with Crippen LogP contribution in [0.25, 0.3) is 11.3 Å².